The Labute approximate surface area is 744 Å². The number of aromatic carboxylic acids is 1. The van der Waals surface area contributed by atoms with Crippen molar-refractivity contribution in [2.45, 2.75) is 42.9 Å². The largest absolute Gasteiger partial charge is 0.508 e. The van der Waals surface area contributed by atoms with Gasteiger partial charge in [0.05, 0.1) is 53.8 Å². The Bertz CT molecular complexity index is 6370. The Morgan fingerprint density at radius 3 is 1.12 bits per heavy atom. The first-order valence-electron chi connectivity index (χ1n) is 38.5. The van der Waals surface area contributed by atoms with E-state index in [-0.39, 0.29) is 76.3 Å². The lowest BCUT2D eigenvalue weighted by molar-refractivity contribution is 0.0692. The van der Waals surface area contributed by atoms with E-state index in [0.29, 0.717) is 83.5 Å². The van der Waals surface area contributed by atoms with Crippen molar-refractivity contribution in [1.29, 1.82) is 0 Å². The highest BCUT2D eigenvalue weighted by Gasteiger charge is 2.43. The van der Waals surface area contributed by atoms with Gasteiger partial charge in [0.15, 0.2) is 69.2 Å². The molecule has 0 aromatic heterocycles. The second-order valence-electron chi connectivity index (χ2n) is 27.9. The second-order valence-corrected chi connectivity index (χ2v) is 31.1. The van der Waals surface area contributed by atoms with Gasteiger partial charge in [0.2, 0.25) is 5.82 Å². The molecule has 0 radical (unpaired) electrons. The van der Waals surface area contributed by atoms with E-state index in [1.54, 1.807) is 115 Å². The average Bonchev–Trinajstić information content (AvgIpc) is 1.66. The molecule has 3 aliphatic rings. The standard InChI is InChI=1S/C32H25F3N2O5S.C32H26F2N2O5S.C31H22F4N2O6S/c1-18(38)21-7-4-6-19(14-21)17-42-27-9-5-8-24(29(27)41-3)32-37(36-30(43-32)20-10-12-22(33)13-11-20)31(39)28-25(34)15-23(40-2)16-26(28)35;1-19(37)22-7-4-6-20(16-22)18-41-28-9-5-8-25(29(28)40-3)32-36(31(38)23-12-15-27(39-2)26(34)17-23)35-30(42-32)21-10-13-24(33)14-11-21;1-41-26-20(7-4-8-23(26)43-15-16-5-3-6-18(13-16)31(39)40)30-37(36-28(44-30)17-9-11-19(32)12-10-17)29(38)21-14-22(33)25(35)27(42-2)24(21)34/h4-16,32H,17H2,1-3H3;4-17,32,37H,1,18H2,2-3H3;3-14,30H,15H2,1-2H3,(H,39,40). The molecule has 129 heavy (non-hydrogen) atoms. The van der Waals surface area contributed by atoms with Gasteiger partial charge in [0.1, 0.15) is 97.2 Å². The maximum Gasteiger partial charge on any atom is 0.335 e. The third kappa shape index (κ3) is 20.9. The van der Waals surface area contributed by atoms with E-state index in [1.807, 2.05) is 12.1 Å². The number of nitrogens with zero attached hydrogens (tertiary/aromatic N) is 6. The van der Waals surface area contributed by atoms with Crippen LogP contribution in [-0.2, 0) is 19.8 Å². The molecule has 15 rings (SSSR count). The van der Waals surface area contributed by atoms with Crippen molar-refractivity contribution in [2.24, 2.45) is 15.3 Å². The van der Waals surface area contributed by atoms with Gasteiger partial charge in [-0.3, -0.25) is 19.2 Å². The number of carbonyl (C=O) groups excluding carboxylic acids is 4. The first-order chi connectivity index (χ1) is 62.1. The fourth-order valence-corrected chi connectivity index (χ4v) is 16.8. The smallest absolute Gasteiger partial charge is 0.335 e. The molecule has 660 valence electrons. The number of hydrogen-bond acceptors (Lipinski definition) is 21. The maximum absolute atomic E-state index is 15.2. The van der Waals surface area contributed by atoms with Gasteiger partial charge in [-0.1, -0.05) is 127 Å². The summed E-state index contributed by atoms with van der Waals surface area (Å²) in [6, 6.07) is 58.2. The van der Waals surface area contributed by atoms with Crippen molar-refractivity contribution in [1.82, 2.24) is 15.0 Å². The third-order valence-electron chi connectivity index (χ3n) is 19.6. The molecular formula is C95H73F9N6O16S3. The zero-order valence-electron chi connectivity index (χ0n) is 69.0. The molecule has 0 saturated carbocycles. The molecule has 34 heteroatoms. The Morgan fingerprint density at radius 2 is 0.744 bits per heavy atom. The number of hydrazone groups is 3. The SMILES string of the molecule is C=C(O)c1cccc(COc2cccc(C3SC(c4ccc(F)cc4)=NN3C(=O)c3ccc(OC)c(F)c3)c2OC)c1.COc1c(OCc2cccc(C(=O)O)c2)cccc1C1SC(c2ccc(F)cc2)=NN1C(=O)c1cc(F)c(F)c(OC)c1F.COc1cc(F)c(C(=O)N2N=C(c3ccc(F)cc3)SC2c2cccc(OCc3cccc(C(C)=O)c3)c2OC)c(F)c1. The molecule has 3 atom stereocenters. The van der Waals surface area contributed by atoms with E-state index in [9.17, 15) is 60.5 Å². The number of methoxy groups -OCH3 is 6. The van der Waals surface area contributed by atoms with Crippen molar-refractivity contribution in [3.8, 4) is 51.7 Å². The van der Waals surface area contributed by atoms with Gasteiger partial charge in [0.25, 0.3) is 17.7 Å². The zero-order valence-corrected chi connectivity index (χ0v) is 71.4. The number of aliphatic hydroxyl groups is 1. The molecule has 2 N–H and O–H groups in total. The minimum Gasteiger partial charge on any atom is -0.508 e. The van der Waals surface area contributed by atoms with E-state index >= 15 is 13.2 Å². The predicted molar refractivity (Wildman–Crippen MR) is 467 cm³/mol. The number of aliphatic hydroxyl groups excluding tert-OH is 1. The number of thioether (sulfide) groups is 3. The monoisotopic (exact) mass is 1820 g/mol. The Morgan fingerprint density at radius 1 is 0.364 bits per heavy atom. The van der Waals surface area contributed by atoms with E-state index < -0.39 is 109 Å². The van der Waals surface area contributed by atoms with Crippen molar-refractivity contribution >= 4 is 85.7 Å². The molecule has 22 nitrogen and oxygen atoms in total. The average molecular weight is 1820 g/mol. The van der Waals surface area contributed by atoms with Crippen LogP contribution in [-0.4, -0.2) is 113 Å². The third-order valence-corrected chi connectivity index (χ3v) is 23.3. The van der Waals surface area contributed by atoms with Crippen molar-refractivity contribution in [3.63, 3.8) is 0 Å². The molecule has 3 unspecified atom stereocenters. The number of carboxylic acid groups (broad SMARTS) is 1. The van der Waals surface area contributed by atoms with Crippen LogP contribution >= 0.6 is 35.3 Å². The first kappa shape index (κ1) is 92.0. The summed E-state index contributed by atoms with van der Waals surface area (Å²) in [7, 11) is 7.82. The number of halogens is 9. The van der Waals surface area contributed by atoms with E-state index in [4.69, 9.17) is 37.9 Å². The number of rotatable bonds is 27. The molecule has 3 aliphatic heterocycles. The quantitative estimate of drug-likeness (QED) is 0.0210. The molecule has 0 bridgehead atoms. The minimum atomic E-state index is -1.59. The summed E-state index contributed by atoms with van der Waals surface area (Å²) in [5.41, 5.74) is 4.64. The summed E-state index contributed by atoms with van der Waals surface area (Å²) in [6.07, 6.45) is 0. The number of benzene rings is 12. The molecule has 12 aromatic carbocycles. The number of hydrogen-bond donors (Lipinski definition) is 2. The molecule has 3 heterocycles. The van der Waals surface area contributed by atoms with Gasteiger partial charge in [-0.2, -0.15) is 19.7 Å². The zero-order chi connectivity index (χ0) is 92.0. The molecule has 0 fully saturated rings. The van der Waals surface area contributed by atoms with Gasteiger partial charge < -0.3 is 52.8 Å². The van der Waals surface area contributed by atoms with Crippen LogP contribution in [0.1, 0.15) is 130 Å². The summed E-state index contributed by atoms with van der Waals surface area (Å²) in [5.74, 6) is -12.1. The van der Waals surface area contributed by atoms with Crippen LogP contribution in [0.25, 0.3) is 5.76 Å². The number of amides is 3. The van der Waals surface area contributed by atoms with Crippen LogP contribution in [0, 0.1) is 52.4 Å². The van der Waals surface area contributed by atoms with Crippen LogP contribution in [0.5, 0.6) is 51.7 Å². The highest BCUT2D eigenvalue weighted by molar-refractivity contribution is 8.15. The lowest BCUT2D eigenvalue weighted by Gasteiger charge is -2.24. The maximum atomic E-state index is 15.2. The number of carbonyl (C=O) groups is 5. The first-order valence-corrected chi connectivity index (χ1v) is 41.2. The second kappa shape index (κ2) is 41.2. The fourth-order valence-electron chi connectivity index (χ4n) is 13.3. The summed E-state index contributed by atoms with van der Waals surface area (Å²) in [6.45, 7) is 5.29. The lowest BCUT2D eigenvalue weighted by atomic mass is 10.1. The van der Waals surface area contributed by atoms with E-state index in [1.165, 1.54) is 144 Å². The number of carboxylic acids is 1. The van der Waals surface area contributed by atoms with Gasteiger partial charge >= 0.3 is 5.97 Å². The van der Waals surface area contributed by atoms with E-state index in [2.05, 4.69) is 26.6 Å². The van der Waals surface area contributed by atoms with Crippen molar-refractivity contribution < 1.29 is 116 Å². The number of para-hydroxylation sites is 3. The van der Waals surface area contributed by atoms with Crippen molar-refractivity contribution in [3.05, 3.63) is 379 Å². The lowest BCUT2D eigenvalue weighted by Crippen LogP contribution is -2.28. The molecule has 0 aliphatic carbocycles. The summed E-state index contributed by atoms with van der Waals surface area (Å²) in [5, 5.41) is 33.8. The molecule has 0 spiro atoms. The topological polar surface area (TPSA) is 256 Å². The van der Waals surface area contributed by atoms with Gasteiger partial charge in [0, 0.05) is 62.2 Å². The summed E-state index contributed by atoms with van der Waals surface area (Å²) in [4.78, 5) is 64.3. The molecular weight excluding hydrogens is 1750 g/mol. The van der Waals surface area contributed by atoms with Crippen molar-refractivity contribution in [2.75, 3.05) is 42.7 Å². The number of ether oxygens (including phenoxy) is 9. The summed E-state index contributed by atoms with van der Waals surface area (Å²) < 4.78 is 179. The Kier molecular flexibility index (Phi) is 29.4. The van der Waals surface area contributed by atoms with Crippen LogP contribution in [0.4, 0.5) is 39.5 Å². The summed E-state index contributed by atoms with van der Waals surface area (Å²) >= 11 is 3.43. The van der Waals surface area contributed by atoms with Gasteiger partial charge in [-0.05, 0) is 163 Å². The Hall–Kier alpha value is -14.6. The highest BCUT2D eigenvalue weighted by Crippen LogP contribution is 2.52. The molecule has 12 aromatic rings. The normalized spacial score (nSPS) is 14.3. The van der Waals surface area contributed by atoms with Gasteiger partial charge in [-0.15, -0.1) is 0 Å². The molecule has 3 amide bonds. The highest BCUT2D eigenvalue weighted by atomic mass is 32.2. The fraction of sp³-hybridized carbons (Fsp3) is 0.137. The Balaban J connectivity index is 0.000000165. The number of ketones is 1. The number of Topliss-reactive ketones (excluding diaryl/α,β-unsaturated/α-hetero) is 1. The van der Waals surface area contributed by atoms with Crippen LogP contribution < -0.4 is 42.6 Å². The molecule has 0 saturated heterocycles. The van der Waals surface area contributed by atoms with Gasteiger partial charge in [-0.25, -0.2) is 54.9 Å². The minimum absolute atomic E-state index is 0.00904. The van der Waals surface area contributed by atoms with Crippen LogP contribution in [0.2, 0.25) is 0 Å². The van der Waals surface area contributed by atoms with E-state index in [0.717, 1.165) is 70.0 Å². The predicted octanol–water partition coefficient (Wildman–Crippen LogP) is 21.3. The van der Waals surface area contributed by atoms with Crippen LogP contribution in [0.3, 0.4) is 0 Å². The van der Waals surface area contributed by atoms with Crippen LogP contribution in [0.15, 0.2) is 258 Å².